The summed E-state index contributed by atoms with van der Waals surface area (Å²) in [6.07, 6.45) is 2.10. The average molecular weight is 371 g/mol. The topological polar surface area (TPSA) is 142 Å². The first kappa shape index (κ1) is 18.1. The second-order valence-electron chi connectivity index (χ2n) is 6.24. The van der Waals surface area contributed by atoms with Gasteiger partial charge in [0.1, 0.15) is 17.9 Å². The number of aliphatic hydroxyl groups is 2. The third-order valence-corrected chi connectivity index (χ3v) is 5.73. The van der Waals surface area contributed by atoms with E-state index in [1.807, 2.05) is 6.92 Å². The Kier molecular flexibility index (Phi) is 4.77. The molecule has 0 unspecified atom stereocenters. The quantitative estimate of drug-likeness (QED) is 0.600. The first-order chi connectivity index (χ1) is 11.8. The molecule has 3 N–H and O–H groups in total. The zero-order valence-electron chi connectivity index (χ0n) is 13.9. The summed E-state index contributed by atoms with van der Waals surface area (Å²) in [6.45, 7) is 2.03. The van der Waals surface area contributed by atoms with E-state index < -0.39 is 34.6 Å². The van der Waals surface area contributed by atoms with E-state index in [1.54, 1.807) is 4.57 Å². The SMILES string of the molecule is CCCc1ncnc2c1ncn2[C@@H]1C[C@@H](N(C)S(=O)(=O)O)[C@@H](O)[C@H]1O. The zero-order chi connectivity index (χ0) is 18.4. The van der Waals surface area contributed by atoms with Crippen molar-refractivity contribution in [1.82, 2.24) is 23.8 Å². The summed E-state index contributed by atoms with van der Waals surface area (Å²) < 4.78 is 34.2. The molecule has 25 heavy (non-hydrogen) atoms. The lowest BCUT2D eigenvalue weighted by molar-refractivity contribution is 0.00532. The van der Waals surface area contributed by atoms with E-state index in [-0.39, 0.29) is 6.42 Å². The molecule has 0 bridgehead atoms. The van der Waals surface area contributed by atoms with Crippen LogP contribution < -0.4 is 0 Å². The molecule has 11 heteroatoms. The van der Waals surface area contributed by atoms with Crippen molar-refractivity contribution in [2.24, 2.45) is 0 Å². The van der Waals surface area contributed by atoms with Crippen molar-refractivity contribution in [2.75, 3.05) is 7.05 Å². The number of aliphatic hydroxyl groups excluding tert-OH is 2. The molecule has 3 rings (SSSR count). The Hall–Kier alpha value is -1.66. The highest BCUT2D eigenvalue weighted by atomic mass is 32.2. The number of aryl methyl sites for hydroxylation is 1. The molecular weight excluding hydrogens is 350 g/mol. The van der Waals surface area contributed by atoms with Gasteiger partial charge in [-0.25, -0.2) is 15.0 Å². The smallest absolute Gasteiger partial charge is 0.335 e. The number of aromatic nitrogens is 4. The van der Waals surface area contributed by atoms with Crippen molar-refractivity contribution in [3.8, 4) is 0 Å². The Morgan fingerprint density at radius 2 is 2.00 bits per heavy atom. The zero-order valence-corrected chi connectivity index (χ0v) is 14.7. The van der Waals surface area contributed by atoms with E-state index in [2.05, 4.69) is 15.0 Å². The summed E-state index contributed by atoms with van der Waals surface area (Å²) in [4.78, 5) is 12.8. The summed E-state index contributed by atoms with van der Waals surface area (Å²) in [5.41, 5.74) is 1.94. The van der Waals surface area contributed by atoms with Gasteiger partial charge in [0, 0.05) is 7.05 Å². The van der Waals surface area contributed by atoms with Crippen molar-refractivity contribution >= 4 is 21.5 Å². The van der Waals surface area contributed by atoms with Gasteiger partial charge < -0.3 is 14.8 Å². The van der Waals surface area contributed by atoms with Crippen LogP contribution in [0.15, 0.2) is 12.7 Å². The third-order valence-electron chi connectivity index (χ3n) is 4.73. The Labute approximate surface area is 145 Å². The standard InChI is InChI=1S/C14H21N5O5S/c1-3-4-8-11-14(16-6-15-8)19(7-17-11)10-5-9(12(20)13(10)21)18(2)25(22,23)24/h6-7,9-10,12-13,20-21H,3-5H2,1-2H3,(H,22,23,24)/t9-,10-,12-,13+/m1/s1. The summed E-state index contributed by atoms with van der Waals surface area (Å²) in [5.74, 6) is 0. The van der Waals surface area contributed by atoms with E-state index >= 15 is 0 Å². The van der Waals surface area contributed by atoms with E-state index in [9.17, 15) is 23.2 Å². The van der Waals surface area contributed by atoms with E-state index in [4.69, 9.17) is 0 Å². The van der Waals surface area contributed by atoms with Gasteiger partial charge in [-0.15, -0.1) is 0 Å². The van der Waals surface area contributed by atoms with Crippen LogP contribution in [-0.2, 0) is 16.7 Å². The molecule has 2 aromatic rings. The van der Waals surface area contributed by atoms with E-state index in [1.165, 1.54) is 12.7 Å². The van der Waals surface area contributed by atoms with Gasteiger partial charge in [0.05, 0.1) is 30.2 Å². The minimum Gasteiger partial charge on any atom is -0.389 e. The Bertz CT molecular complexity index is 870. The van der Waals surface area contributed by atoms with E-state index in [0.717, 1.165) is 25.6 Å². The molecule has 0 aliphatic heterocycles. The fourth-order valence-corrected chi connectivity index (χ4v) is 3.91. The number of hydrogen-bond acceptors (Lipinski definition) is 7. The Balaban J connectivity index is 1.97. The Morgan fingerprint density at radius 1 is 1.28 bits per heavy atom. The maximum atomic E-state index is 11.3. The molecule has 1 aliphatic rings. The van der Waals surface area contributed by atoms with Gasteiger partial charge in [0.25, 0.3) is 0 Å². The molecule has 138 valence electrons. The summed E-state index contributed by atoms with van der Waals surface area (Å²) in [7, 11) is -3.32. The molecule has 2 aromatic heterocycles. The largest absolute Gasteiger partial charge is 0.389 e. The molecule has 2 heterocycles. The van der Waals surface area contributed by atoms with Crippen LogP contribution in [0.3, 0.4) is 0 Å². The van der Waals surface area contributed by atoms with Crippen LogP contribution in [0.5, 0.6) is 0 Å². The molecule has 0 saturated heterocycles. The fraction of sp³-hybridized carbons (Fsp3) is 0.643. The predicted molar refractivity (Wildman–Crippen MR) is 88.1 cm³/mol. The van der Waals surface area contributed by atoms with Gasteiger partial charge in [-0.2, -0.15) is 12.7 Å². The number of fused-ring (bicyclic) bond motifs is 1. The van der Waals surface area contributed by atoms with Crippen LogP contribution in [0.1, 0.15) is 31.5 Å². The first-order valence-electron chi connectivity index (χ1n) is 7.98. The molecule has 1 aliphatic carbocycles. The molecule has 4 atom stereocenters. The normalized spacial score (nSPS) is 27.4. The number of hydrogen-bond donors (Lipinski definition) is 3. The van der Waals surface area contributed by atoms with Crippen molar-refractivity contribution < 1.29 is 23.2 Å². The number of likely N-dealkylation sites (N-methyl/N-ethyl adjacent to an activating group) is 1. The monoisotopic (exact) mass is 371 g/mol. The molecule has 10 nitrogen and oxygen atoms in total. The number of imidazole rings is 1. The minimum atomic E-state index is -4.48. The van der Waals surface area contributed by atoms with Crippen LogP contribution in [0, 0.1) is 0 Å². The van der Waals surface area contributed by atoms with Gasteiger partial charge >= 0.3 is 10.3 Å². The van der Waals surface area contributed by atoms with Gasteiger partial charge in [-0.05, 0) is 12.8 Å². The van der Waals surface area contributed by atoms with Gasteiger partial charge in [-0.3, -0.25) is 4.55 Å². The van der Waals surface area contributed by atoms with Crippen LogP contribution >= 0.6 is 0 Å². The van der Waals surface area contributed by atoms with Crippen molar-refractivity contribution in [2.45, 2.75) is 50.5 Å². The van der Waals surface area contributed by atoms with E-state index in [0.29, 0.717) is 15.5 Å². The summed E-state index contributed by atoms with van der Waals surface area (Å²) >= 11 is 0. The van der Waals surface area contributed by atoms with Crippen molar-refractivity contribution in [3.63, 3.8) is 0 Å². The van der Waals surface area contributed by atoms with Crippen LogP contribution in [-0.4, -0.2) is 72.3 Å². The molecule has 0 amide bonds. The van der Waals surface area contributed by atoms with Gasteiger partial charge in [0.2, 0.25) is 0 Å². The highest BCUT2D eigenvalue weighted by Gasteiger charge is 2.47. The molecule has 1 fully saturated rings. The highest BCUT2D eigenvalue weighted by Crippen LogP contribution is 2.36. The van der Waals surface area contributed by atoms with Gasteiger partial charge in [0.15, 0.2) is 5.65 Å². The molecule has 0 radical (unpaired) electrons. The van der Waals surface area contributed by atoms with Crippen molar-refractivity contribution in [3.05, 3.63) is 18.3 Å². The van der Waals surface area contributed by atoms with Crippen LogP contribution in [0.25, 0.3) is 11.2 Å². The highest BCUT2D eigenvalue weighted by molar-refractivity contribution is 7.83. The lowest BCUT2D eigenvalue weighted by Gasteiger charge is -2.23. The molecule has 1 saturated carbocycles. The van der Waals surface area contributed by atoms with Crippen LogP contribution in [0.2, 0.25) is 0 Å². The Morgan fingerprint density at radius 3 is 2.64 bits per heavy atom. The van der Waals surface area contributed by atoms with Crippen LogP contribution in [0.4, 0.5) is 0 Å². The van der Waals surface area contributed by atoms with Gasteiger partial charge in [-0.1, -0.05) is 13.3 Å². The first-order valence-corrected chi connectivity index (χ1v) is 9.38. The third kappa shape index (κ3) is 3.13. The lowest BCUT2D eigenvalue weighted by Crippen LogP contribution is -2.44. The second kappa shape index (κ2) is 6.57. The maximum Gasteiger partial charge on any atom is 0.335 e. The maximum absolute atomic E-state index is 11.3. The van der Waals surface area contributed by atoms with Crippen molar-refractivity contribution in [1.29, 1.82) is 0 Å². The minimum absolute atomic E-state index is 0.108. The molecule has 0 spiro atoms. The number of rotatable bonds is 5. The summed E-state index contributed by atoms with van der Waals surface area (Å²) in [6, 6.07) is -1.58. The fourth-order valence-electron chi connectivity index (χ4n) is 3.36. The summed E-state index contributed by atoms with van der Waals surface area (Å²) in [5, 5.41) is 20.6. The molecule has 0 aromatic carbocycles. The molecular formula is C14H21N5O5S. The average Bonchev–Trinajstić information content (AvgIpc) is 3.09. The predicted octanol–water partition coefficient (Wildman–Crippen LogP) is -0.451. The number of nitrogens with zero attached hydrogens (tertiary/aromatic N) is 5. The second-order valence-corrected chi connectivity index (χ2v) is 7.71. The lowest BCUT2D eigenvalue weighted by atomic mass is 10.2.